The van der Waals surface area contributed by atoms with Crippen molar-refractivity contribution in [2.45, 2.75) is 0 Å². The first-order valence-corrected chi connectivity index (χ1v) is 19.7. The Balaban J connectivity index is 1.01. The van der Waals surface area contributed by atoms with Gasteiger partial charge in [0.15, 0.2) is 0 Å². The molecule has 0 radical (unpaired) electrons. The highest BCUT2D eigenvalue weighted by Gasteiger charge is 2.19. The number of pyridine rings is 2. The molecule has 9 aromatic carbocycles. The number of rotatable bonds is 6. The van der Waals surface area contributed by atoms with Gasteiger partial charge in [0, 0.05) is 34.2 Å². The fourth-order valence-corrected chi connectivity index (χ4v) is 9.00. The molecule has 270 valence electrons. The molecule has 0 bridgehead atoms. The Morgan fingerprint density at radius 1 is 0.397 bits per heavy atom. The highest BCUT2D eigenvalue weighted by Crippen LogP contribution is 2.43. The number of anilines is 3. The van der Waals surface area contributed by atoms with Gasteiger partial charge in [0.1, 0.15) is 11.2 Å². The van der Waals surface area contributed by atoms with Crippen molar-refractivity contribution in [3.63, 3.8) is 0 Å². The molecule has 0 atom stereocenters. The van der Waals surface area contributed by atoms with E-state index in [4.69, 9.17) is 9.97 Å². The molecule has 0 unspecified atom stereocenters. The van der Waals surface area contributed by atoms with Crippen LogP contribution in [0.2, 0.25) is 0 Å². The molecule has 12 rings (SSSR count). The lowest BCUT2D eigenvalue weighted by Gasteiger charge is -2.26. The van der Waals surface area contributed by atoms with Crippen LogP contribution in [0.5, 0.6) is 0 Å². The second-order valence-electron chi connectivity index (χ2n) is 15.0. The second kappa shape index (κ2) is 12.9. The Hall–Kier alpha value is -7.82. The van der Waals surface area contributed by atoms with Crippen LogP contribution in [0.3, 0.4) is 0 Å². The van der Waals surface area contributed by atoms with Crippen LogP contribution in [0.4, 0.5) is 17.1 Å². The molecule has 3 heterocycles. The van der Waals surface area contributed by atoms with E-state index in [2.05, 4.69) is 197 Å². The first-order valence-electron chi connectivity index (χ1n) is 19.7. The maximum Gasteiger partial charge on any atom is 0.137 e. The molecule has 3 aromatic heterocycles. The number of imidazole rings is 1. The number of aromatic nitrogens is 3. The summed E-state index contributed by atoms with van der Waals surface area (Å²) in [5.74, 6) is 0. The fourth-order valence-electron chi connectivity index (χ4n) is 9.00. The third kappa shape index (κ3) is 5.09. The molecule has 4 nitrogen and oxygen atoms in total. The van der Waals surface area contributed by atoms with Crippen LogP contribution in [0.1, 0.15) is 0 Å². The molecule has 0 aliphatic heterocycles. The van der Waals surface area contributed by atoms with Gasteiger partial charge in [-0.25, -0.2) is 9.97 Å². The van der Waals surface area contributed by atoms with E-state index >= 15 is 0 Å². The lowest BCUT2D eigenvalue weighted by molar-refractivity contribution is 1.22. The molecule has 0 aliphatic rings. The highest BCUT2D eigenvalue weighted by atomic mass is 15.1. The first-order chi connectivity index (χ1) is 28.7. The lowest BCUT2D eigenvalue weighted by atomic mass is 9.90. The van der Waals surface area contributed by atoms with Gasteiger partial charge >= 0.3 is 0 Å². The molecule has 0 saturated heterocycles. The van der Waals surface area contributed by atoms with Gasteiger partial charge in [0.2, 0.25) is 0 Å². The van der Waals surface area contributed by atoms with E-state index in [0.717, 1.165) is 55.9 Å². The Morgan fingerprint density at radius 2 is 1.03 bits per heavy atom. The quantitative estimate of drug-likeness (QED) is 0.159. The number of fused-ring (bicyclic) bond motifs is 5. The van der Waals surface area contributed by atoms with Gasteiger partial charge in [-0.2, -0.15) is 0 Å². The first kappa shape index (κ1) is 32.4. The van der Waals surface area contributed by atoms with Gasteiger partial charge in [0.05, 0.1) is 16.7 Å². The zero-order valence-electron chi connectivity index (χ0n) is 31.4. The van der Waals surface area contributed by atoms with Crippen LogP contribution in [-0.4, -0.2) is 14.4 Å². The van der Waals surface area contributed by atoms with Crippen molar-refractivity contribution < 1.29 is 0 Å². The van der Waals surface area contributed by atoms with Gasteiger partial charge in [-0.1, -0.05) is 146 Å². The minimum absolute atomic E-state index is 0.906. The smallest absolute Gasteiger partial charge is 0.137 e. The molecule has 0 aliphatic carbocycles. The summed E-state index contributed by atoms with van der Waals surface area (Å²) in [6.45, 7) is 0. The van der Waals surface area contributed by atoms with Gasteiger partial charge < -0.3 is 4.90 Å². The van der Waals surface area contributed by atoms with Gasteiger partial charge in [0.25, 0.3) is 0 Å². The van der Waals surface area contributed by atoms with Crippen molar-refractivity contribution in [2.75, 3.05) is 4.90 Å². The fraction of sp³-hybridized carbons (Fsp3) is 0. The summed E-state index contributed by atoms with van der Waals surface area (Å²) in [6, 6.07) is 71.9. The molecular formula is C54H34N4. The minimum atomic E-state index is 0.906. The SMILES string of the molecule is c1ccc(-c2ccc(N(c3ccc(-c4nc5ccccc5c5nc6ccccn6c45)cc3)c3cccc(-c4ccc5ccc6cccc7ccc4c5c67)c3)cc2)cc1. The molecule has 0 spiro atoms. The average Bonchev–Trinajstić information content (AvgIpc) is 3.69. The van der Waals surface area contributed by atoms with Crippen molar-refractivity contribution in [3.8, 4) is 33.5 Å². The van der Waals surface area contributed by atoms with E-state index in [9.17, 15) is 0 Å². The monoisotopic (exact) mass is 738 g/mol. The van der Waals surface area contributed by atoms with Crippen LogP contribution in [0, 0.1) is 0 Å². The van der Waals surface area contributed by atoms with E-state index in [1.54, 1.807) is 0 Å². The average molecular weight is 739 g/mol. The molecule has 0 N–H and O–H groups in total. The Kier molecular flexibility index (Phi) is 7.20. The molecule has 0 amide bonds. The van der Waals surface area contributed by atoms with Crippen LogP contribution >= 0.6 is 0 Å². The van der Waals surface area contributed by atoms with Crippen molar-refractivity contribution in [2.24, 2.45) is 0 Å². The zero-order chi connectivity index (χ0) is 38.2. The number of nitrogens with zero attached hydrogens (tertiary/aromatic N) is 4. The normalized spacial score (nSPS) is 11.8. The van der Waals surface area contributed by atoms with Crippen LogP contribution in [0.15, 0.2) is 206 Å². The molecule has 0 saturated carbocycles. The van der Waals surface area contributed by atoms with E-state index in [1.165, 1.54) is 54.6 Å². The Labute approximate surface area is 334 Å². The number of benzene rings is 9. The van der Waals surface area contributed by atoms with Crippen LogP contribution < -0.4 is 4.90 Å². The summed E-state index contributed by atoms with van der Waals surface area (Å²) in [5.41, 5.74) is 13.7. The van der Waals surface area contributed by atoms with Crippen LogP contribution in [0.25, 0.3) is 93.4 Å². The molecule has 4 heteroatoms. The van der Waals surface area contributed by atoms with Crippen molar-refractivity contribution >= 4 is 77.0 Å². The number of hydrogen-bond donors (Lipinski definition) is 0. The second-order valence-corrected chi connectivity index (χ2v) is 15.0. The van der Waals surface area contributed by atoms with Gasteiger partial charge in [-0.15, -0.1) is 0 Å². The Morgan fingerprint density at radius 3 is 1.84 bits per heavy atom. The van der Waals surface area contributed by atoms with E-state index < -0.39 is 0 Å². The predicted molar refractivity (Wildman–Crippen MR) is 243 cm³/mol. The standard InChI is InChI=1S/C54H34N4/c1-2-10-35(11-3-1)36-21-27-42(28-22-36)58(44-15-9-14-41(34-44)45-31-25-39-20-19-37-12-8-13-38-26-32-46(45)51(39)50(37)38)43-29-23-40(24-30-43)52-54-53(47-16-4-5-17-48(47)55-52)56-49-18-6-7-33-57(49)54/h1-34H. The molecule has 12 aromatic rings. The zero-order valence-corrected chi connectivity index (χ0v) is 31.4. The summed E-state index contributed by atoms with van der Waals surface area (Å²) < 4.78 is 2.16. The maximum atomic E-state index is 5.25. The Bertz CT molecular complexity index is 3480. The van der Waals surface area contributed by atoms with E-state index in [1.807, 2.05) is 18.2 Å². The number of hydrogen-bond acceptors (Lipinski definition) is 3. The topological polar surface area (TPSA) is 33.4 Å². The maximum absolute atomic E-state index is 5.25. The molecule has 0 fully saturated rings. The van der Waals surface area contributed by atoms with Gasteiger partial charge in [-0.05, 0) is 109 Å². The summed E-state index contributed by atoms with van der Waals surface area (Å²) in [4.78, 5) is 12.7. The van der Waals surface area contributed by atoms with E-state index in [0.29, 0.717) is 0 Å². The largest absolute Gasteiger partial charge is 0.310 e. The highest BCUT2D eigenvalue weighted by molar-refractivity contribution is 6.25. The summed E-state index contributed by atoms with van der Waals surface area (Å²) >= 11 is 0. The summed E-state index contributed by atoms with van der Waals surface area (Å²) in [6.07, 6.45) is 2.08. The van der Waals surface area contributed by atoms with E-state index in [-0.39, 0.29) is 0 Å². The summed E-state index contributed by atoms with van der Waals surface area (Å²) in [7, 11) is 0. The van der Waals surface area contributed by atoms with Crippen molar-refractivity contribution in [1.82, 2.24) is 14.4 Å². The summed E-state index contributed by atoms with van der Waals surface area (Å²) in [5, 5.41) is 8.79. The third-order valence-corrected chi connectivity index (χ3v) is 11.7. The van der Waals surface area contributed by atoms with Gasteiger partial charge in [-0.3, -0.25) is 4.40 Å². The molecule has 58 heavy (non-hydrogen) atoms. The minimum Gasteiger partial charge on any atom is -0.310 e. The lowest BCUT2D eigenvalue weighted by Crippen LogP contribution is -2.10. The predicted octanol–water partition coefficient (Wildman–Crippen LogP) is 14.4. The van der Waals surface area contributed by atoms with Crippen molar-refractivity contribution in [3.05, 3.63) is 206 Å². The number of para-hydroxylation sites is 1. The third-order valence-electron chi connectivity index (χ3n) is 11.7. The van der Waals surface area contributed by atoms with Crippen molar-refractivity contribution in [1.29, 1.82) is 0 Å². The molecular weight excluding hydrogens is 705 g/mol. The van der Waals surface area contributed by atoms with Crippen LogP contribution in [-0.2, 0) is 0 Å².